The largest absolute Gasteiger partial charge is 0.462 e. The molecule has 74 heavy (non-hydrogen) atoms. The molecule has 0 saturated heterocycles. The van der Waals surface area contributed by atoms with Crippen LogP contribution in [0.5, 0.6) is 0 Å². The Kier molecular flexibility index (Phi) is 59.3. The van der Waals surface area contributed by atoms with E-state index in [1.54, 1.807) is 0 Å². The molecule has 0 aromatic rings. The summed E-state index contributed by atoms with van der Waals surface area (Å²) >= 11 is 0. The number of ether oxygens (including phenoxy) is 3. The van der Waals surface area contributed by atoms with Gasteiger partial charge in [0.05, 0.1) is 0 Å². The van der Waals surface area contributed by atoms with Gasteiger partial charge < -0.3 is 14.2 Å². The van der Waals surface area contributed by atoms with Gasteiger partial charge in [-0.1, -0.05) is 298 Å². The zero-order chi connectivity index (χ0) is 53.6. The third-order valence-electron chi connectivity index (χ3n) is 13.7. The van der Waals surface area contributed by atoms with Crippen molar-refractivity contribution in [2.75, 3.05) is 13.2 Å². The highest BCUT2D eigenvalue weighted by atomic mass is 16.6. The molecule has 0 bridgehead atoms. The lowest BCUT2D eigenvalue weighted by molar-refractivity contribution is -0.167. The van der Waals surface area contributed by atoms with Crippen LogP contribution in [0.4, 0.5) is 0 Å². The van der Waals surface area contributed by atoms with E-state index in [0.29, 0.717) is 19.3 Å². The number of esters is 3. The average molecular weight is 1030 g/mol. The molecule has 0 spiro atoms. The van der Waals surface area contributed by atoms with Crippen LogP contribution in [-0.2, 0) is 28.6 Å². The molecule has 0 radical (unpaired) electrons. The van der Waals surface area contributed by atoms with Gasteiger partial charge in [-0.15, -0.1) is 0 Å². The molecule has 0 N–H and O–H groups in total. The lowest BCUT2D eigenvalue weighted by atomic mass is 10.0. The summed E-state index contributed by atoms with van der Waals surface area (Å²) in [5.74, 6) is -0.902. The minimum absolute atomic E-state index is 0.0830. The van der Waals surface area contributed by atoms with E-state index in [0.717, 1.165) is 109 Å². The SMILES string of the molecule is CC/C=C\C/C=C\C/C=C\C/C=C\C/C=C\C/C=C\C/C=C\CCCCCC(=O)OCC(COC(=O)CCCCCCCCCCCCCCC)OC(=O)CCCCCCCCCCCCCCCCCCCC. The number of carbonyl (C=O) groups excluding carboxylic acids is 3. The van der Waals surface area contributed by atoms with Gasteiger partial charge >= 0.3 is 17.9 Å². The number of allylic oxidation sites excluding steroid dienone is 14. The van der Waals surface area contributed by atoms with Gasteiger partial charge in [0.2, 0.25) is 0 Å². The van der Waals surface area contributed by atoms with Crippen molar-refractivity contribution in [3.8, 4) is 0 Å². The van der Waals surface area contributed by atoms with E-state index in [-0.39, 0.29) is 31.1 Å². The van der Waals surface area contributed by atoms with E-state index in [2.05, 4.69) is 106 Å². The van der Waals surface area contributed by atoms with Gasteiger partial charge in [0, 0.05) is 19.3 Å². The van der Waals surface area contributed by atoms with Crippen LogP contribution in [0, 0.1) is 0 Å². The smallest absolute Gasteiger partial charge is 0.306 e. The first kappa shape index (κ1) is 70.6. The molecule has 426 valence electrons. The first-order valence-corrected chi connectivity index (χ1v) is 31.6. The standard InChI is InChI=1S/C68H118O6/c1-4-7-10-13-16-19-22-25-27-29-31-32-33-34-35-36-37-39-40-43-46-49-52-55-58-61-67(70)73-64-65(63-72-66(69)60-57-54-51-48-45-42-24-21-18-15-12-9-6-3)74-68(71)62-59-56-53-50-47-44-41-38-30-28-26-23-20-17-14-11-8-5-2/h7,10,16,19,25,27,31-32,34-35,37,39,43,46,65H,4-6,8-9,11-15,17-18,20-24,26,28-30,33,36,38,40-42,44-45,47-64H2,1-3H3/b10-7-,19-16-,27-25-,32-31-,35-34-,39-37-,46-43-. The van der Waals surface area contributed by atoms with Crippen molar-refractivity contribution in [1.82, 2.24) is 0 Å². The molecule has 0 aromatic carbocycles. The maximum Gasteiger partial charge on any atom is 0.306 e. The van der Waals surface area contributed by atoms with E-state index >= 15 is 0 Å². The molecule has 0 aliphatic rings. The minimum atomic E-state index is -0.788. The number of hydrogen-bond donors (Lipinski definition) is 0. The quantitative estimate of drug-likeness (QED) is 0.0261. The Morgan fingerprint density at radius 1 is 0.284 bits per heavy atom. The summed E-state index contributed by atoms with van der Waals surface area (Å²) in [6, 6.07) is 0. The summed E-state index contributed by atoms with van der Waals surface area (Å²) in [5.41, 5.74) is 0. The topological polar surface area (TPSA) is 78.9 Å². The van der Waals surface area contributed by atoms with Crippen molar-refractivity contribution in [2.24, 2.45) is 0 Å². The summed E-state index contributed by atoms with van der Waals surface area (Å²) in [5, 5.41) is 0. The van der Waals surface area contributed by atoms with Crippen LogP contribution in [0.3, 0.4) is 0 Å². The Bertz CT molecular complexity index is 1420. The van der Waals surface area contributed by atoms with Gasteiger partial charge in [-0.25, -0.2) is 0 Å². The fraction of sp³-hybridized carbons (Fsp3) is 0.750. The second-order valence-corrected chi connectivity index (χ2v) is 21.0. The number of unbranched alkanes of at least 4 members (excludes halogenated alkanes) is 32. The zero-order valence-electron chi connectivity index (χ0n) is 48.8. The molecule has 1 atom stereocenters. The number of rotatable bonds is 57. The Labute approximate surface area is 458 Å². The number of carbonyl (C=O) groups is 3. The fourth-order valence-corrected chi connectivity index (χ4v) is 8.95. The molecule has 0 heterocycles. The van der Waals surface area contributed by atoms with Crippen molar-refractivity contribution in [3.05, 3.63) is 85.1 Å². The van der Waals surface area contributed by atoms with Gasteiger partial charge in [-0.2, -0.15) is 0 Å². The van der Waals surface area contributed by atoms with Gasteiger partial charge in [0.15, 0.2) is 6.10 Å². The molecule has 0 aromatic heterocycles. The van der Waals surface area contributed by atoms with Gasteiger partial charge in [-0.3, -0.25) is 14.4 Å². The zero-order valence-corrected chi connectivity index (χ0v) is 48.8. The fourth-order valence-electron chi connectivity index (χ4n) is 8.95. The first-order valence-electron chi connectivity index (χ1n) is 31.6. The molecule has 0 rings (SSSR count). The third-order valence-corrected chi connectivity index (χ3v) is 13.7. The van der Waals surface area contributed by atoms with E-state index in [1.165, 1.54) is 161 Å². The maximum atomic E-state index is 12.9. The molecular weight excluding hydrogens is 913 g/mol. The van der Waals surface area contributed by atoms with Crippen LogP contribution in [-0.4, -0.2) is 37.2 Å². The average Bonchev–Trinajstić information content (AvgIpc) is 3.40. The molecule has 0 aliphatic heterocycles. The van der Waals surface area contributed by atoms with E-state index in [1.807, 2.05) is 0 Å². The molecule has 6 nitrogen and oxygen atoms in total. The summed E-state index contributed by atoms with van der Waals surface area (Å²) in [7, 11) is 0. The summed E-state index contributed by atoms with van der Waals surface area (Å²) in [6.07, 6.45) is 81.5. The van der Waals surface area contributed by atoms with Crippen LogP contribution in [0.25, 0.3) is 0 Å². The molecule has 0 amide bonds. The predicted molar refractivity (Wildman–Crippen MR) is 321 cm³/mol. The minimum Gasteiger partial charge on any atom is -0.462 e. The van der Waals surface area contributed by atoms with Crippen molar-refractivity contribution >= 4 is 17.9 Å². The Balaban J connectivity index is 4.39. The normalized spacial score (nSPS) is 12.6. The second-order valence-electron chi connectivity index (χ2n) is 21.0. The van der Waals surface area contributed by atoms with Crippen molar-refractivity contribution in [2.45, 2.75) is 316 Å². The molecule has 1 unspecified atom stereocenters. The predicted octanol–water partition coefficient (Wildman–Crippen LogP) is 21.5. The Hall–Kier alpha value is -3.41. The lowest BCUT2D eigenvalue weighted by Gasteiger charge is -2.18. The van der Waals surface area contributed by atoms with E-state index < -0.39 is 6.10 Å². The highest BCUT2D eigenvalue weighted by Crippen LogP contribution is 2.17. The van der Waals surface area contributed by atoms with Crippen LogP contribution >= 0.6 is 0 Å². The maximum absolute atomic E-state index is 12.9. The van der Waals surface area contributed by atoms with Gasteiger partial charge in [0.25, 0.3) is 0 Å². The van der Waals surface area contributed by atoms with Crippen LogP contribution in [0.15, 0.2) is 85.1 Å². The summed E-state index contributed by atoms with van der Waals surface area (Å²) in [6.45, 7) is 6.53. The van der Waals surface area contributed by atoms with Gasteiger partial charge in [0.1, 0.15) is 13.2 Å². The van der Waals surface area contributed by atoms with E-state index in [4.69, 9.17) is 14.2 Å². The van der Waals surface area contributed by atoms with Crippen molar-refractivity contribution < 1.29 is 28.6 Å². The Morgan fingerprint density at radius 2 is 0.527 bits per heavy atom. The molecule has 0 aliphatic carbocycles. The Morgan fingerprint density at radius 3 is 0.824 bits per heavy atom. The van der Waals surface area contributed by atoms with Gasteiger partial charge in [-0.05, 0) is 77.0 Å². The van der Waals surface area contributed by atoms with Crippen LogP contribution < -0.4 is 0 Å². The van der Waals surface area contributed by atoms with Crippen molar-refractivity contribution in [3.63, 3.8) is 0 Å². The highest BCUT2D eigenvalue weighted by molar-refractivity contribution is 5.71. The number of hydrogen-bond acceptors (Lipinski definition) is 6. The first-order chi connectivity index (χ1) is 36.5. The third kappa shape index (κ3) is 59.5. The van der Waals surface area contributed by atoms with Crippen LogP contribution in [0.2, 0.25) is 0 Å². The van der Waals surface area contributed by atoms with Crippen LogP contribution in [0.1, 0.15) is 310 Å². The molecular formula is C68H118O6. The molecule has 0 fully saturated rings. The summed E-state index contributed by atoms with van der Waals surface area (Å²) in [4.78, 5) is 38.3. The summed E-state index contributed by atoms with van der Waals surface area (Å²) < 4.78 is 16.9. The highest BCUT2D eigenvalue weighted by Gasteiger charge is 2.19. The monoisotopic (exact) mass is 1030 g/mol. The van der Waals surface area contributed by atoms with Crippen molar-refractivity contribution in [1.29, 1.82) is 0 Å². The molecule has 0 saturated carbocycles. The second kappa shape index (κ2) is 62.1. The molecule has 6 heteroatoms. The lowest BCUT2D eigenvalue weighted by Crippen LogP contribution is -2.30. The van der Waals surface area contributed by atoms with E-state index in [9.17, 15) is 14.4 Å².